The second kappa shape index (κ2) is 11.8. The number of allylic oxidation sites excluding steroid dienone is 1. The molecule has 0 aliphatic rings. The van der Waals surface area contributed by atoms with E-state index < -0.39 is 0 Å². The number of nitrogens with one attached hydrogen (secondary N) is 1. The van der Waals surface area contributed by atoms with E-state index in [1.165, 1.54) is 38.5 Å². The predicted octanol–water partition coefficient (Wildman–Crippen LogP) is 4.97. The van der Waals surface area contributed by atoms with Gasteiger partial charge in [-0.1, -0.05) is 57.6 Å². The molecule has 0 aliphatic carbocycles. The van der Waals surface area contributed by atoms with Crippen LogP contribution in [0.1, 0.15) is 64.4 Å². The number of unbranched alkanes of at least 4 members (excludes halogenated alkanes) is 6. The van der Waals surface area contributed by atoms with Crippen LogP contribution in [0.5, 0.6) is 5.75 Å². The summed E-state index contributed by atoms with van der Waals surface area (Å²) in [6.45, 7) is 4.95. The quantitative estimate of drug-likeness (QED) is 0.462. The molecule has 23 heavy (non-hydrogen) atoms. The van der Waals surface area contributed by atoms with Gasteiger partial charge >= 0.3 is 0 Å². The van der Waals surface area contributed by atoms with E-state index in [1.54, 1.807) is 13.2 Å². The Kier molecular flexibility index (Phi) is 9.85. The Balaban J connectivity index is 2.23. The minimum atomic E-state index is -0.00991. The number of amides is 1. The summed E-state index contributed by atoms with van der Waals surface area (Å²) in [6.07, 6.45) is 10.5. The highest BCUT2D eigenvalue weighted by molar-refractivity contribution is 5.94. The number of benzene rings is 1. The number of hydrogen-bond donors (Lipinski definition) is 1. The summed E-state index contributed by atoms with van der Waals surface area (Å²) < 4.78 is 5.14. The average Bonchev–Trinajstić information content (AvgIpc) is 2.57. The topological polar surface area (TPSA) is 38.3 Å². The number of rotatable bonds is 11. The molecule has 0 aliphatic heterocycles. The van der Waals surface area contributed by atoms with E-state index in [-0.39, 0.29) is 5.91 Å². The van der Waals surface area contributed by atoms with Crippen LogP contribution < -0.4 is 10.1 Å². The van der Waals surface area contributed by atoms with Crippen LogP contribution in [0.4, 0.5) is 0 Å². The van der Waals surface area contributed by atoms with Crippen LogP contribution in [0, 0.1) is 0 Å². The number of carbonyl (C=O) groups is 1. The minimum Gasteiger partial charge on any atom is -0.497 e. The fourth-order valence-electron chi connectivity index (χ4n) is 2.48. The van der Waals surface area contributed by atoms with Gasteiger partial charge in [0, 0.05) is 12.6 Å². The fourth-order valence-corrected chi connectivity index (χ4v) is 2.48. The van der Waals surface area contributed by atoms with Crippen molar-refractivity contribution in [3.05, 3.63) is 35.9 Å². The van der Waals surface area contributed by atoms with Crippen molar-refractivity contribution in [1.29, 1.82) is 0 Å². The lowest BCUT2D eigenvalue weighted by Gasteiger charge is -2.05. The number of carbonyl (C=O) groups excluding carboxylic acids is 1. The van der Waals surface area contributed by atoms with E-state index in [0.29, 0.717) is 0 Å². The zero-order chi connectivity index (χ0) is 16.9. The normalized spacial score (nSPS) is 11.3. The van der Waals surface area contributed by atoms with Gasteiger partial charge in [0.05, 0.1) is 7.11 Å². The second-order valence-electron chi connectivity index (χ2n) is 5.97. The van der Waals surface area contributed by atoms with Crippen molar-refractivity contribution < 1.29 is 9.53 Å². The maximum absolute atomic E-state index is 11.9. The maximum Gasteiger partial charge on any atom is 0.244 e. The summed E-state index contributed by atoms with van der Waals surface area (Å²) >= 11 is 0. The van der Waals surface area contributed by atoms with Crippen molar-refractivity contribution in [3.8, 4) is 5.75 Å². The number of methoxy groups -OCH3 is 1. The molecule has 1 N–H and O–H groups in total. The summed E-state index contributed by atoms with van der Waals surface area (Å²) in [4.78, 5) is 11.9. The van der Waals surface area contributed by atoms with E-state index >= 15 is 0 Å². The molecular formula is C20H31NO2. The molecule has 0 unspecified atom stereocenters. The summed E-state index contributed by atoms with van der Waals surface area (Å²) in [7, 11) is 1.65. The summed E-state index contributed by atoms with van der Waals surface area (Å²) in [5.74, 6) is 0.814. The van der Waals surface area contributed by atoms with Crippen molar-refractivity contribution in [2.75, 3.05) is 13.7 Å². The molecule has 128 valence electrons. The Bertz CT molecular complexity index is 477. The highest BCUT2D eigenvalue weighted by atomic mass is 16.5. The van der Waals surface area contributed by atoms with Crippen LogP contribution in [0.3, 0.4) is 0 Å². The molecule has 1 amide bonds. The van der Waals surface area contributed by atoms with Gasteiger partial charge in [-0.25, -0.2) is 0 Å². The summed E-state index contributed by atoms with van der Waals surface area (Å²) in [5.41, 5.74) is 2.00. The molecule has 0 radical (unpaired) electrons. The minimum absolute atomic E-state index is 0.00991. The van der Waals surface area contributed by atoms with Crippen LogP contribution >= 0.6 is 0 Å². The SMILES string of the molecule is CCCCCCCCCNC(=O)/C=C(\C)c1ccc(OC)cc1. The Labute approximate surface area is 141 Å². The van der Waals surface area contributed by atoms with E-state index in [1.807, 2.05) is 31.2 Å². The van der Waals surface area contributed by atoms with Gasteiger partial charge < -0.3 is 10.1 Å². The Morgan fingerprint density at radius 3 is 2.26 bits per heavy atom. The third-order valence-electron chi connectivity index (χ3n) is 3.97. The molecule has 0 fully saturated rings. The van der Waals surface area contributed by atoms with Gasteiger partial charge in [0.25, 0.3) is 0 Å². The molecule has 3 heteroatoms. The Hall–Kier alpha value is -1.77. The molecule has 0 aromatic heterocycles. The standard InChI is InChI=1S/C20H31NO2/c1-4-5-6-7-8-9-10-15-21-20(22)16-17(2)18-11-13-19(23-3)14-12-18/h11-14,16H,4-10,15H2,1-3H3,(H,21,22)/b17-16+. The van der Waals surface area contributed by atoms with Crippen molar-refractivity contribution >= 4 is 11.5 Å². The lowest BCUT2D eigenvalue weighted by Crippen LogP contribution is -2.22. The first-order valence-electron chi connectivity index (χ1n) is 8.78. The molecule has 0 atom stereocenters. The first-order valence-corrected chi connectivity index (χ1v) is 8.78. The van der Waals surface area contributed by atoms with Crippen LogP contribution in [-0.4, -0.2) is 19.6 Å². The summed E-state index contributed by atoms with van der Waals surface area (Å²) in [5, 5.41) is 2.97. The van der Waals surface area contributed by atoms with Crippen molar-refractivity contribution in [2.24, 2.45) is 0 Å². The highest BCUT2D eigenvalue weighted by Gasteiger charge is 2.01. The smallest absolute Gasteiger partial charge is 0.244 e. The number of hydrogen-bond acceptors (Lipinski definition) is 2. The van der Waals surface area contributed by atoms with E-state index in [9.17, 15) is 4.79 Å². The molecule has 1 aromatic carbocycles. The third kappa shape index (κ3) is 8.44. The molecule has 1 aromatic rings. The lowest BCUT2D eigenvalue weighted by atomic mass is 10.1. The van der Waals surface area contributed by atoms with Gasteiger partial charge in [0.2, 0.25) is 5.91 Å². The van der Waals surface area contributed by atoms with Crippen molar-refractivity contribution in [2.45, 2.75) is 58.8 Å². The molecule has 0 saturated carbocycles. The predicted molar refractivity (Wildman–Crippen MR) is 97.6 cm³/mol. The highest BCUT2D eigenvalue weighted by Crippen LogP contribution is 2.17. The zero-order valence-electron chi connectivity index (χ0n) is 14.9. The van der Waals surface area contributed by atoms with E-state index in [4.69, 9.17) is 4.74 Å². The van der Waals surface area contributed by atoms with Crippen molar-refractivity contribution in [3.63, 3.8) is 0 Å². The first kappa shape index (κ1) is 19.3. The van der Waals surface area contributed by atoms with Crippen LogP contribution in [0.15, 0.2) is 30.3 Å². The molecule has 3 nitrogen and oxygen atoms in total. The van der Waals surface area contributed by atoms with Gasteiger partial charge in [-0.15, -0.1) is 0 Å². The van der Waals surface area contributed by atoms with Crippen molar-refractivity contribution in [1.82, 2.24) is 5.32 Å². The molecule has 0 heterocycles. The van der Waals surface area contributed by atoms with Gasteiger partial charge in [0.1, 0.15) is 5.75 Å². The molecule has 0 saturated heterocycles. The monoisotopic (exact) mass is 317 g/mol. The zero-order valence-corrected chi connectivity index (χ0v) is 14.9. The average molecular weight is 317 g/mol. The van der Waals surface area contributed by atoms with Crippen LogP contribution in [-0.2, 0) is 4.79 Å². The molecular weight excluding hydrogens is 286 g/mol. The Morgan fingerprint density at radius 2 is 1.65 bits per heavy atom. The van der Waals surface area contributed by atoms with Crippen LogP contribution in [0.25, 0.3) is 5.57 Å². The third-order valence-corrected chi connectivity index (χ3v) is 3.97. The lowest BCUT2D eigenvalue weighted by molar-refractivity contribution is -0.116. The molecule has 0 bridgehead atoms. The fraction of sp³-hybridized carbons (Fsp3) is 0.550. The van der Waals surface area contributed by atoms with E-state index in [0.717, 1.165) is 29.9 Å². The van der Waals surface area contributed by atoms with E-state index in [2.05, 4.69) is 12.2 Å². The van der Waals surface area contributed by atoms with Gasteiger partial charge in [-0.3, -0.25) is 4.79 Å². The second-order valence-corrected chi connectivity index (χ2v) is 5.97. The maximum atomic E-state index is 11.9. The van der Waals surface area contributed by atoms with Gasteiger partial charge in [0.15, 0.2) is 0 Å². The van der Waals surface area contributed by atoms with Gasteiger partial charge in [-0.2, -0.15) is 0 Å². The Morgan fingerprint density at radius 1 is 1.04 bits per heavy atom. The largest absolute Gasteiger partial charge is 0.497 e. The van der Waals surface area contributed by atoms with Gasteiger partial charge in [-0.05, 0) is 36.6 Å². The first-order chi connectivity index (χ1) is 11.2. The number of ether oxygens (including phenoxy) is 1. The molecule has 0 spiro atoms. The molecule has 1 rings (SSSR count). The van der Waals surface area contributed by atoms with Crippen LogP contribution in [0.2, 0.25) is 0 Å². The summed E-state index contributed by atoms with van der Waals surface area (Å²) in [6, 6.07) is 7.74.